The summed E-state index contributed by atoms with van der Waals surface area (Å²) in [5, 5.41) is 1.76. The summed E-state index contributed by atoms with van der Waals surface area (Å²) in [6, 6.07) is 16.2. The highest BCUT2D eigenvalue weighted by molar-refractivity contribution is 7.89. The van der Waals surface area contributed by atoms with E-state index in [9.17, 15) is 8.42 Å². The van der Waals surface area contributed by atoms with Crippen LogP contribution in [0.4, 0.5) is 0 Å². The predicted molar refractivity (Wildman–Crippen MR) is 106 cm³/mol. The molecule has 0 radical (unpaired) electrons. The number of hydrogen-bond donors (Lipinski definition) is 0. The lowest BCUT2D eigenvalue weighted by Crippen LogP contribution is -2.29. The number of para-hydroxylation sites is 2. The maximum Gasteiger partial charge on any atom is 0.245 e. The summed E-state index contributed by atoms with van der Waals surface area (Å²) >= 11 is 0. The average molecular weight is 380 g/mol. The Morgan fingerprint density at radius 1 is 1.04 bits per heavy atom. The number of benzene rings is 2. The van der Waals surface area contributed by atoms with Crippen LogP contribution in [-0.2, 0) is 10.0 Å². The topological polar surface area (TPSA) is 63.4 Å². The van der Waals surface area contributed by atoms with Crippen molar-refractivity contribution in [3.8, 4) is 0 Å². The molecule has 2 aromatic heterocycles. The fourth-order valence-electron chi connectivity index (χ4n) is 3.20. The Bertz CT molecular complexity index is 1210. The second-order valence-corrected chi connectivity index (χ2v) is 8.69. The van der Waals surface area contributed by atoms with Crippen LogP contribution in [0.3, 0.4) is 0 Å². The number of aryl methyl sites for hydroxylation is 1. The molecule has 0 bridgehead atoms. The van der Waals surface area contributed by atoms with Crippen LogP contribution in [0.25, 0.3) is 21.9 Å². The van der Waals surface area contributed by atoms with Crippen LogP contribution in [0.2, 0.25) is 0 Å². The molecule has 4 rings (SSSR count). The average Bonchev–Trinajstić information content (AvgIpc) is 3.10. The van der Waals surface area contributed by atoms with E-state index < -0.39 is 16.1 Å². The van der Waals surface area contributed by atoms with E-state index in [0.29, 0.717) is 11.3 Å². The molecular formula is C21H20N2O3S. The van der Waals surface area contributed by atoms with Crippen molar-refractivity contribution in [2.75, 3.05) is 7.05 Å². The molecule has 0 spiro atoms. The second kappa shape index (κ2) is 6.48. The highest BCUT2D eigenvalue weighted by Crippen LogP contribution is 2.32. The first-order valence-electron chi connectivity index (χ1n) is 8.70. The number of sulfonamides is 1. The molecule has 27 heavy (non-hydrogen) atoms. The van der Waals surface area contributed by atoms with Gasteiger partial charge in [-0.05, 0) is 43.7 Å². The Kier molecular flexibility index (Phi) is 4.25. The van der Waals surface area contributed by atoms with E-state index >= 15 is 0 Å². The minimum absolute atomic E-state index is 0.200. The van der Waals surface area contributed by atoms with E-state index in [-0.39, 0.29) is 4.90 Å². The Labute approximate surface area is 158 Å². The van der Waals surface area contributed by atoms with Gasteiger partial charge in [0, 0.05) is 24.0 Å². The molecule has 1 atom stereocenters. The third kappa shape index (κ3) is 3.01. The van der Waals surface area contributed by atoms with Crippen LogP contribution >= 0.6 is 0 Å². The molecule has 0 aliphatic rings. The lowest BCUT2D eigenvalue weighted by atomic mass is 10.2. The van der Waals surface area contributed by atoms with Crippen molar-refractivity contribution in [2.45, 2.75) is 24.8 Å². The van der Waals surface area contributed by atoms with Crippen molar-refractivity contribution in [1.29, 1.82) is 0 Å². The normalized spacial score (nSPS) is 13.5. The van der Waals surface area contributed by atoms with Crippen LogP contribution in [0.15, 0.2) is 70.1 Å². The second-order valence-electron chi connectivity index (χ2n) is 6.72. The zero-order valence-corrected chi connectivity index (χ0v) is 16.2. The van der Waals surface area contributed by atoms with Crippen molar-refractivity contribution < 1.29 is 12.8 Å². The Morgan fingerprint density at radius 2 is 1.78 bits per heavy atom. The lowest BCUT2D eigenvalue weighted by molar-refractivity contribution is 0.348. The van der Waals surface area contributed by atoms with E-state index in [2.05, 4.69) is 4.98 Å². The smallest absolute Gasteiger partial charge is 0.245 e. The molecule has 0 saturated heterocycles. The summed E-state index contributed by atoms with van der Waals surface area (Å²) < 4.78 is 33.8. The summed E-state index contributed by atoms with van der Waals surface area (Å²) in [7, 11) is -2.18. The first-order chi connectivity index (χ1) is 12.9. The summed E-state index contributed by atoms with van der Waals surface area (Å²) in [6.07, 6.45) is 1.68. The van der Waals surface area contributed by atoms with Gasteiger partial charge >= 0.3 is 0 Å². The quantitative estimate of drug-likeness (QED) is 0.516. The van der Waals surface area contributed by atoms with Crippen LogP contribution in [-0.4, -0.2) is 24.8 Å². The van der Waals surface area contributed by atoms with Crippen molar-refractivity contribution in [3.05, 3.63) is 72.1 Å². The molecule has 0 amide bonds. The minimum atomic E-state index is -3.75. The van der Waals surface area contributed by atoms with Crippen LogP contribution in [0.1, 0.15) is 24.3 Å². The molecule has 0 fully saturated rings. The molecule has 2 heterocycles. The monoisotopic (exact) mass is 380 g/mol. The van der Waals surface area contributed by atoms with Gasteiger partial charge in [-0.3, -0.25) is 4.98 Å². The first-order valence-corrected chi connectivity index (χ1v) is 10.1. The molecule has 6 heteroatoms. The van der Waals surface area contributed by atoms with E-state index in [0.717, 1.165) is 21.9 Å². The first kappa shape index (κ1) is 17.7. The van der Waals surface area contributed by atoms with Crippen LogP contribution in [0.5, 0.6) is 0 Å². The predicted octanol–water partition coefficient (Wildman–Crippen LogP) is 4.67. The number of rotatable bonds is 4. The number of hydrogen-bond acceptors (Lipinski definition) is 4. The van der Waals surface area contributed by atoms with Gasteiger partial charge < -0.3 is 4.42 Å². The molecule has 138 valence electrons. The maximum atomic E-state index is 13.3. The van der Waals surface area contributed by atoms with Crippen molar-refractivity contribution in [2.24, 2.45) is 0 Å². The molecule has 0 aliphatic heterocycles. The Morgan fingerprint density at radius 3 is 2.56 bits per heavy atom. The van der Waals surface area contributed by atoms with Gasteiger partial charge in [0.2, 0.25) is 10.0 Å². The maximum absolute atomic E-state index is 13.3. The van der Waals surface area contributed by atoms with E-state index in [4.69, 9.17) is 4.42 Å². The van der Waals surface area contributed by atoms with Crippen molar-refractivity contribution >= 4 is 31.9 Å². The highest BCUT2D eigenvalue weighted by Gasteiger charge is 2.30. The van der Waals surface area contributed by atoms with Crippen molar-refractivity contribution in [3.63, 3.8) is 0 Å². The van der Waals surface area contributed by atoms with E-state index in [1.165, 1.54) is 4.31 Å². The third-order valence-corrected chi connectivity index (χ3v) is 6.83. The van der Waals surface area contributed by atoms with Gasteiger partial charge in [-0.25, -0.2) is 8.42 Å². The zero-order chi connectivity index (χ0) is 19.2. The molecule has 4 aromatic rings. The number of furan rings is 1. The molecule has 0 unspecified atom stereocenters. The fourth-order valence-corrected chi connectivity index (χ4v) is 4.70. The SMILES string of the molecule is Cc1cnc2c(S(=O)(=O)N(C)[C@@H](C)c3cc4ccccc4o3)cccc2c1. The highest BCUT2D eigenvalue weighted by atomic mass is 32.2. The minimum Gasteiger partial charge on any atom is -0.459 e. The molecule has 0 saturated carbocycles. The van der Waals surface area contributed by atoms with Gasteiger partial charge in [-0.15, -0.1) is 0 Å². The number of pyridine rings is 1. The van der Waals surface area contributed by atoms with E-state index in [1.807, 2.05) is 56.3 Å². The number of fused-ring (bicyclic) bond motifs is 2. The molecule has 0 N–H and O–H groups in total. The Balaban J connectivity index is 1.77. The van der Waals surface area contributed by atoms with Gasteiger partial charge in [0.25, 0.3) is 0 Å². The van der Waals surface area contributed by atoms with Crippen LogP contribution in [0, 0.1) is 6.92 Å². The lowest BCUT2D eigenvalue weighted by Gasteiger charge is -2.23. The largest absolute Gasteiger partial charge is 0.459 e. The van der Waals surface area contributed by atoms with Gasteiger partial charge in [-0.1, -0.05) is 30.3 Å². The summed E-state index contributed by atoms with van der Waals surface area (Å²) in [6.45, 7) is 3.75. The molecule has 0 aliphatic carbocycles. The number of nitrogens with zero attached hydrogens (tertiary/aromatic N) is 2. The van der Waals surface area contributed by atoms with Crippen LogP contribution < -0.4 is 0 Å². The van der Waals surface area contributed by atoms with E-state index in [1.54, 1.807) is 25.4 Å². The molecular weight excluding hydrogens is 360 g/mol. The van der Waals surface area contributed by atoms with Crippen molar-refractivity contribution in [1.82, 2.24) is 9.29 Å². The third-order valence-electron chi connectivity index (χ3n) is 4.87. The molecule has 2 aromatic carbocycles. The fraction of sp³-hybridized carbons (Fsp3) is 0.190. The zero-order valence-electron chi connectivity index (χ0n) is 15.4. The van der Waals surface area contributed by atoms with Gasteiger partial charge in [0.1, 0.15) is 16.2 Å². The summed E-state index contributed by atoms with van der Waals surface area (Å²) in [5.74, 6) is 0.603. The van der Waals surface area contributed by atoms with Gasteiger partial charge in [-0.2, -0.15) is 4.31 Å². The Hall–Kier alpha value is -2.70. The number of aromatic nitrogens is 1. The summed E-state index contributed by atoms with van der Waals surface area (Å²) in [5.41, 5.74) is 2.21. The molecule has 5 nitrogen and oxygen atoms in total. The summed E-state index contributed by atoms with van der Waals surface area (Å²) in [4.78, 5) is 4.57. The standard InChI is InChI=1S/C21H20N2O3S/c1-14-11-17-8-6-10-20(21(17)22-13-14)27(24,25)23(3)15(2)19-12-16-7-4-5-9-18(16)26-19/h4-13,15H,1-3H3/t15-/m0/s1. The van der Waals surface area contributed by atoms with Gasteiger partial charge in [0.05, 0.1) is 11.6 Å². The van der Waals surface area contributed by atoms with Gasteiger partial charge in [0.15, 0.2) is 0 Å².